The summed E-state index contributed by atoms with van der Waals surface area (Å²) in [6, 6.07) is 6.10. The molecule has 98 valence electrons. The van der Waals surface area contributed by atoms with Crippen molar-refractivity contribution in [2.75, 3.05) is 0 Å². The van der Waals surface area contributed by atoms with Gasteiger partial charge in [-0.15, -0.1) is 0 Å². The van der Waals surface area contributed by atoms with Crippen LogP contribution >= 0.6 is 0 Å². The molecule has 3 aromatic rings. The molecule has 0 aliphatic rings. The molecular formula is C18H15NO. The third-order valence-electron chi connectivity index (χ3n) is 3.90. The van der Waals surface area contributed by atoms with Gasteiger partial charge in [0.15, 0.2) is 6.29 Å². The quantitative estimate of drug-likeness (QED) is 0.679. The van der Waals surface area contributed by atoms with Gasteiger partial charge in [-0.25, -0.2) is 0 Å². The predicted molar refractivity (Wildman–Crippen MR) is 86.1 cm³/mol. The predicted octanol–water partition coefficient (Wildman–Crippen LogP) is 4.73. The molecule has 0 fully saturated rings. The van der Waals surface area contributed by atoms with Crippen LogP contribution in [0.25, 0.3) is 33.8 Å². The fourth-order valence-corrected chi connectivity index (χ4v) is 2.85. The lowest BCUT2D eigenvalue weighted by molar-refractivity contribution is 0.112. The highest BCUT2D eigenvalue weighted by atomic mass is 16.1. The zero-order chi connectivity index (χ0) is 14.3. The van der Waals surface area contributed by atoms with Gasteiger partial charge in [0.1, 0.15) is 0 Å². The van der Waals surface area contributed by atoms with Crippen LogP contribution in [0.1, 0.15) is 27.0 Å². The lowest BCUT2D eigenvalue weighted by Crippen LogP contribution is -1.93. The average Bonchev–Trinajstić information content (AvgIpc) is 2.92. The van der Waals surface area contributed by atoms with Crippen LogP contribution in [0.4, 0.5) is 0 Å². The number of fused-ring (bicyclic) bond motifs is 2. The first-order chi connectivity index (χ1) is 9.71. The van der Waals surface area contributed by atoms with Crippen molar-refractivity contribution in [1.29, 1.82) is 0 Å². The van der Waals surface area contributed by atoms with Crippen molar-refractivity contribution >= 4 is 40.1 Å². The Morgan fingerprint density at radius 2 is 1.85 bits per heavy atom. The fraction of sp³-hybridized carbons (Fsp3) is 0.0556. The molecule has 0 bridgehead atoms. The van der Waals surface area contributed by atoms with Crippen molar-refractivity contribution in [2.24, 2.45) is 0 Å². The number of aromatic amines is 1. The van der Waals surface area contributed by atoms with Crippen LogP contribution in [0.15, 0.2) is 37.6 Å². The van der Waals surface area contributed by atoms with Crippen LogP contribution in [0.3, 0.4) is 0 Å². The van der Waals surface area contributed by atoms with Crippen LogP contribution in [0.5, 0.6) is 0 Å². The highest BCUT2D eigenvalue weighted by molar-refractivity contribution is 6.13. The maximum Gasteiger partial charge on any atom is 0.152 e. The van der Waals surface area contributed by atoms with E-state index in [1.807, 2.05) is 30.5 Å². The van der Waals surface area contributed by atoms with E-state index in [0.29, 0.717) is 5.56 Å². The molecule has 0 aliphatic heterocycles. The normalized spacial score (nSPS) is 10.8. The van der Waals surface area contributed by atoms with E-state index in [2.05, 4.69) is 31.1 Å². The molecule has 2 heteroatoms. The summed E-state index contributed by atoms with van der Waals surface area (Å²) in [6.07, 6.45) is 6.43. The molecule has 20 heavy (non-hydrogen) atoms. The van der Waals surface area contributed by atoms with Gasteiger partial charge in [-0.2, -0.15) is 0 Å². The van der Waals surface area contributed by atoms with Crippen LogP contribution in [-0.2, 0) is 0 Å². The van der Waals surface area contributed by atoms with E-state index in [4.69, 9.17) is 0 Å². The fourth-order valence-electron chi connectivity index (χ4n) is 2.85. The highest BCUT2D eigenvalue weighted by Gasteiger charge is 2.13. The number of carbonyl (C=O) groups is 1. The standard InChI is InChI=1S/C18H15NO/c1-4-12-8-16-15(14(5-2)11(12)3)9-13-6-7-19-18(13)17(16)10-20/h4-10,19H,1-2H2,3H3. The molecule has 0 amide bonds. The molecule has 2 nitrogen and oxygen atoms in total. The Morgan fingerprint density at radius 1 is 1.10 bits per heavy atom. The molecule has 0 saturated heterocycles. The topological polar surface area (TPSA) is 32.9 Å². The van der Waals surface area contributed by atoms with Gasteiger partial charge < -0.3 is 4.98 Å². The van der Waals surface area contributed by atoms with Crippen LogP contribution in [0.2, 0.25) is 0 Å². The molecule has 0 atom stereocenters. The van der Waals surface area contributed by atoms with Crippen LogP contribution in [-0.4, -0.2) is 11.3 Å². The van der Waals surface area contributed by atoms with E-state index < -0.39 is 0 Å². The molecule has 1 N–H and O–H groups in total. The number of hydrogen-bond donors (Lipinski definition) is 1. The average molecular weight is 261 g/mol. The zero-order valence-corrected chi connectivity index (χ0v) is 11.4. The van der Waals surface area contributed by atoms with E-state index in [1.54, 1.807) is 0 Å². The van der Waals surface area contributed by atoms with Gasteiger partial charge >= 0.3 is 0 Å². The van der Waals surface area contributed by atoms with Crippen molar-refractivity contribution in [3.63, 3.8) is 0 Å². The number of benzene rings is 2. The lowest BCUT2D eigenvalue weighted by atomic mass is 9.91. The molecule has 0 radical (unpaired) electrons. The largest absolute Gasteiger partial charge is 0.361 e. The minimum Gasteiger partial charge on any atom is -0.361 e. The van der Waals surface area contributed by atoms with Crippen molar-refractivity contribution < 1.29 is 4.79 Å². The summed E-state index contributed by atoms with van der Waals surface area (Å²) >= 11 is 0. The molecule has 1 heterocycles. The molecular weight excluding hydrogens is 246 g/mol. The van der Waals surface area contributed by atoms with Crippen molar-refractivity contribution in [1.82, 2.24) is 4.98 Å². The van der Waals surface area contributed by atoms with Gasteiger partial charge in [-0.05, 0) is 52.6 Å². The van der Waals surface area contributed by atoms with E-state index in [1.165, 1.54) is 0 Å². The van der Waals surface area contributed by atoms with Crippen molar-refractivity contribution in [2.45, 2.75) is 6.92 Å². The summed E-state index contributed by atoms with van der Waals surface area (Å²) in [6.45, 7) is 9.81. The summed E-state index contributed by atoms with van der Waals surface area (Å²) in [5.41, 5.74) is 4.79. The number of hydrogen-bond acceptors (Lipinski definition) is 1. The maximum atomic E-state index is 11.5. The van der Waals surface area contributed by atoms with Crippen molar-refractivity contribution in [3.8, 4) is 0 Å². The summed E-state index contributed by atoms with van der Waals surface area (Å²) in [7, 11) is 0. The number of nitrogens with one attached hydrogen (secondary N) is 1. The van der Waals surface area contributed by atoms with Gasteiger partial charge in [-0.3, -0.25) is 4.79 Å². The van der Waals surface area contributed by atoms with E-state index in [9.17, 15) is 4.79 Å². The maximum absolute atomic E-state index is 11.5. The highest BCUT2D eigenvalue weighted by Crippen LogP contribution is 2.33. The molecule has 0 unspecified atom stereocenters. The van der Waals surface area contributed by atoms with Gasteiger partial charge in [0.25, 0.3) is 0 Å². The van der Waals surface area contributed by atoms with Gasteiger partial charge in [0, 0.05) is 17.1 Å². The first-order valence-electron chi connectivity index (χ1n) is 6.48. The molecule has 2 aromatic carbocycles. The second-order valence-corrected chi connectivity index (χ2v) is 4.86. The smallest absolute Gasteiger partial charge is 0.152 e. The van der Waals surface area contributed by atoms with Gasteiger partial charge in [0.2, 0.25) is 0 Å². The third kappa shape index (κ3) is 1.55. The molecule has 0 saturated carbocycles. The number of aldehydes is 1. The minimum atomic E-state index is 0.689. The van der Waals surface area contributed by atoms with Gasteiger partial charge in [-0.1, -0.05) is 25.3 Å². The summed E-state index contributed by atoms with van der Waals surface area (Å²) in [4.78, 5) is 14.7. The number of carbonyl (C=O) groups excluding carboxylic acids is 1. The number of H-pyrrole nitrogens is 1. The Bertz CT molecular complexity index is 868. The summed E-state index contributed by atoms with van der Waals surface area (Å²) in [5, 5.41) is 3.02. The SMILES string of the molecule is C=Cc1cc2c(C=O)c3[nH]ccc3cc2c(C=C)c1C. The first kappa shape index (κ1) is 12.4. The Kier molecular flexibility index (Phi) is 2.79. The first-order valence-corrected chi connectivity index (χ1v) is 6.48. The van der Waals surface area contributed by atoms with E-state index >= 15 is 0 Å². The van der Waals surface area contributed by atoms with E-state index in [-0.39, 0.29) is 0 Å². The molecule has 3 rings (SSSR count). The zero-order valence-electron chi connectivity index (χ0n) is 11.4. The Morgan fingerprint density at radius 3 is 2.50 bits per heavy atom. The van der Waals surface area contributed by atoms with Crippen LogP contribution in [0, 0.1) is 6.92 Å². The van der Waals surface area contributed by atoms with Crippen molar-refractivity contribution in [3.05, 3.63) is 59.8 Å². The van der Waals surface area contributed by atoms with Gasteiger partial charge in [0.05, 0.1) is 5.52 Å². The Hall–Kier alpha value is -2.61. The summed E-state index contributed by atoms with van der Waals surface area (Å²) in [5.74, 6) is 0. The number of aromatic nitrogens is 1. The molecule has 0 spiro atoms. The minimum absolute atomic E-state index is 0.689. The molecule has 1 aromatic heterocycles. The lowest BCUT2D eigenvalue weighted by Gasteiger charge is -2.12. The third-order valence-corrected chi connectivity index (χ3v) is 3.90. The van der Waals surface area contributed by atoms with E-state index in [0.717, 1.165) is 44.7 Å². The van der Waals surface area contributed by atoms with Crippen LogP contribution < -0.4 is 0 Å². The summed E-state index contributed by atoms with van der Waals surface area (Å²) < 4.78 is 0. The second kappa shape index (κ2) is 4.49. The number of rotatable bonds is 3. The Balaban J connectivity index is 2.64. The Labute approximate surface area is 117 Å². The monoisotopic (exact) mass is 261 g/mol. The molecule has 0 aliphatic carbocycles. The second-order valence-electron chi connectivity index (χ2n) is 4.86.